The minimum Gasteiger partial charge on any atom is -0.444 e. The van der Waals surface area contributed by atoms with E-state index in [1.165, 1.54) is 0 Å². The van der Waals surface area contributed by atoms with Gasteiger partial charge in [0, 0.05) is 35.2 Å². The molecule has 0 spiro atoms. The number of nitrogens with zero attached hydrogens (tertiary/aromatic N) is 3. The maximum atomic E-state index is 13.2. The van der Waals surface area contributed by atoms with Gasteiger partial charge in [0.15, 0.2) is 0 Å². The SMILES string of the molecule is Cc1cc(NS(=O)(=O)C2CCCC2)c2ccccc2c1Oc1ncccc1-c1ccnc(NC2CCC(NC(=O)OC(C)(C)C)CC2)n1. The number of benzene rings is 2. The normalized spacial score (nSPS) is 18.8. The molecule has 2 aromatic heterocycles. The van der Waals surface area contributed by atoms with E-state index in [1.807, 2.05) is 76.2 Å². The topological polar surface area (TPSA) is 144 Å². The number of hydrogen-bond acceptors (Lipinski definition) is 9. The van der Waals surface area contributed by atoms with Crippen LogP contribution in [-0.2, 0) is 14.8 Å². The number of aromatic nitrogens is 3. The molecule has 2 aromatic carbocycles. The summed E-state index contributed by atoms with van der Waals surface area (Å²) < 4.78 is 41.2. The number of nitrogens with one attached hydrogen (secondary N) is 3. The lowest BCUT2D eigenvalue weighted by molar-refractivity contribution is 0.0492. The van der Waals surface area contributed by atoms with Gasteiger partial charge in [0.25, 0.3) is 0 Å². The molecular formula is C36H44N6O5S. The molecule has 6 rings (SSSR count). The average molecular weight is 673 g/mol. The summed E-state index contributed by atoms with van der Waals surface area (Å²) in [4.78, 5) is 26.1. The Labute approximate surface area is 282 Å². The first kappa shape index (κ1) is 33.5. The number of hydrogen-bond donors (Lipinski definition) is 3. The van der Waals surface area contributed by atoms with Crippen LogP contribution in [-0.4, -0.2) is 52.4 Å². The Kier molecular flexibility index (Phi) is 9.73. The molecule has 2 saturated carbocycles. The number of ether oxygens (including phenoxy) is 2. The first-order valence-corrected chi connectivity index (χ1v) is 18.3. The van der Waals surface area contributed by atoms with Crippen LogP contribution >= 0.6 is 0 Å². The monoisotopic (exact) mass is 672 g/mol. The first-order chi connectivity index (χ1) is 22.9. The molecule has 0 unspecified atom stereocenters. The van der Waals surface area contributed by atoms with Crippen molar-refractivity contribution in [1.29, 1.82) is 0 Å². The predicted molar refractivity (Wildman–Crippen MR) is 188 cm³/mol. The summed E-state index contributed by atoms with van der Waals surface area (Å²) in [5.74, 6) is 1.48. The van der Waals surface area contributed by atoms with E-state index in [0.717, 1.165) is 54.9 Å². The molecule has 11 nitrogen and oxygen atoms in total. The second-order valence-electron chi connectivity index (χ2n) is 13.7. The lowest BCUT2D eigenvalue weighted by Gasteiger charge is -2.30. The summed E-state index contributed by atoms with van der Waals surface area (Å²) in [5.41, 5.74) is 2.14. The third-order valence-electron chi connectivity index (χ3n) is 8.86. The third-order valence-corrected chi connectivity index (χ3v) is 10.7. The number of carbonyl (C=O) groups is 1. The summed E-state index contributed by atoms with van der Waals surface area (Å²) >= 11 is 0. The Hall–Kier alpha value is -4.45. The molecule has 2 aliphatic rings. The molecule has 1 amide bonds. The van der Waals surface area contributed by atoms with Crippen LogP contribution in [0.2, 0.25) is 0 Å². The predicted octanol–water partition coefficient (Wildman–Crippen LogP) is 7.72. The van der Waals surface area contributed by atoms with Crippen molar-refractivity contribution in [1.82, 2.24) is 20.3 Å². The van der Waals surface area contributed by atoms with Gasteiger partial charge in [0.2, 0.25) is 21.9 Å². The molecule has 0 atom stereocenters. The fourth-order valence-electron chi connectivity index (χ4n) is 6.52. The van der Waals surface area contributed by atoms with E-state index in [0.29, 0.717) is 47.4 Å². The Morgan fingerprint density at radius 3 is 2.31 bits per heavy atom. The van der Waals surface area contributed by atoms with Gasteiger partial charge in [-0.3, -0.25) is 4.72 Å². The molecule has 0 radical (unpaired) electrons. The number of carbonyl (C=O) groups excluding carboxylic acids is 1. The van der Waals surface area contributed by atoms with E-state index >= 15 is 0 Å². The number of rotatable bonds is 9. The lowest BCUT2D eigenvalue weighted by Crippen LogP contribution is -2.42. The van der Waals surface area contributed by atoms with Gasteiger partial charge in [-0.2, -0.15) is 0 Å². The van der Waals surface area contributed by atoms with Gasteiger partial charge >= 0.3 is 6.09 Å². The number of amides is 1. The number of sulfonamides is 1. The minimum absolute atomic E-state index is 0.0707. The zero-order chi connectivity index (χ0) is 33.9. The Balaban J connectivity index is 1.18. The molecule has 254 valence electrons. The van der Waals surface area contributed by atoms with Crippen LogP contribution in [0.4, 0.5) is 16.4 Å². The Bertz CT molecular complexity index is 1880. The standard InChI is InChI=1S/C36H44N6O5S/c1-23-22-31(42-48(44,45)26-10-5-6-11-26)27-12-7-8-13-28(27)32(23)46-33-29(14-9-20-37-33)30-19-21-38-34(41-30)39-24-15-17-25(18-16-24)40-35(43)47-36(2,3)4/h7-9,12-14,19-22,24-26,42H,5-6,10-11,15-18H2,1-4H3,(H,40,43)(H,38,39,41). The van der Waals surface area contributed by atoms with Crippen molar-refractivity contribution in [3.63, 3.8) is 0 Å². The molecule has 2 heterocycles. The van der Waals surface area contributed by atoms with Crippen molar-refractivity contribution < 1.29 is 22.7 Å². The zero-order valence-electron chi connectivity index (χ0n) is 28.0. The second-order valence-corrected chi connectivity index (χ2v) is 15.7. The van der Waals surface area contributed by atoms with Gasteiger partial charge in [0.05, 0.1) is 22.2 Å². The van der Waals surface area contributed by atoms with Crippen molar-refractivity contribution in [2.24, 2.45) is 0 Å². The first-order valence-electron chi connectivity index (χ1n) is 16.7. The molecule has 3 N–H and O–H groups in total. The summed E-state index contributed by atoms with van der Waals surface area (Å²) in [6, 6.07) is 15.3. The fraction of sp³-hybridized carbons (Fsp3) is 0.444. The molecule has 48 heavy (non-hydrogen) atoms. The molecule has 0 bridgehead atoms. The van der Waals surface area contributed by atoms with Gasteiger partial charge in [-0.25, -0.2) is 28.2 Å². The second kappa shape index (κ2) is 14.0. The number of fused-ring (bicyclic) bond motifs is 1. The van der Waals surface area contributed by atoms with Crippen molar-refractivity contribution in [3.05, 3.63) is 66.5 Å². The third kappa shape index (κ3) is 7.98. The van der Waals surface area contributed by atoms with Crippen LogP contribution in [0.25, 0.3) is 22.0 Å². The molecule has 12 heteroatoms. The molecule has 4 aromatic rings. The van der Waals surface area contributed by atoms with Gasteiger partial charge in [-0.05, 0) is 96.0 Å². The maximum Gasteiger partial charge on any atom is 0.407 e. The van der Waals surface area contributed by atoms with E-state index in [1.54, 1.807) is 12.4 Å². The van der Waals surface area contributed by atoms with Crippen LogP contribution in [0.15, 0.2) is 60.9 Å². The minimum atomic E-state index is -3.51. The van der Waals surface area contributed by atoms with Crippen molar-refractivity contribution in [2.75, 3.05) is 10.0 Å². The molecular weight excluding hydrogens is 629 g/mol. The summed E-state index contributed by atoms with van der Waals surface area (Å²) in [5, 5.41) is 7.61. The van der Waals surface area contributed by atoms with E-state index in [4.69, 9.17) is 14.5 Å². The van der Waals surface area contributed by atoms with Crippen molar-refractivity contribution in [3.8, 4) is 22.9 Å². The van der Waals surface area contributed by atoms with Crippen molar-refractivity contribution in [2.45, 2.75) is 102 Å². The molecule has 2 fully saturated rings. The smallest absolute Gasteiger partial charge is 0.407 e. The highest BCUT2D eigenvalue weighted by Gasteiger charge is 2.30. The van der Waals surface area contributed by atoms with E-state index in [-0.39, 0.29) is 23.4 Å². The van der Waals surface area contributed by atoms with Crippen LogP contribution in [0.5, 0.6) is 11.6 Å². The Morgan fingerprint density at radius 1 is 0.875 bits per heavy atom. The van der Waals surface area contributed by atoms with Gasteiger partial charge in [-0.15, -0.1) is 0 Å². The average Bonchev–Trinajstić information content (AvgIpc) is 3.60. The number of anilines is 2. The van der Waals surface area contributed by atoms with Gasteiger partial charge in [0.1, 0.15) is 11.4 Å². The quantitative estimate of drug-likeness (QED) is 0.163. The maximum absolute atomic E-state index is 13.2. The van der Waals surface area contributed by atoms with Crippen LogP contribution in [0, 0.1) is 6.92 Å². The van der Waals surface area contributed by atoms with E-state index in [2.05, 4.69) is 25.3 Å². The highest BCUT2D eigenvalue weighted by molar-refractivity contribution is 7.93. The highest BCUT2D eigenvalue weighted by atomic mass is 32.2. The van der Waals surface area contributed by atoms with Gasteiger partial charge < -0.3 is 20.1 Å². The van der Waals surface area contributed by atoms with Crippen molar-refractivity contribution >= 4 is 38.5 Å². The van der Waals surface area contributed by atoms with E-state index < -0.39 is 15.6 Å². The zero-order valence-corrected chi connectivity index (χ0v) is 28.8. The molecule has 0 aliphatic heterocycles. The van der Waals surface area contributed by atoms with Gasteiger partial charge in [-0.1, -0.05) is 37.1 Å². The Morgan fingerprint density at radius 2 is 1.58 bits per heavy atom. The molecule has 0 saturated heterocycles. The highest BCUT2D eigenvalue weighted by Crippen LogP contribution is 2.40. The summed E-state index contributed by atoms with van der Waals surface area (Å²) in [6.45, 7) is 7.47. The number of pyridine rings is 1. The summed E-state index contributed by atoms with van der Waals surface area (Å²) in [6.07, 6.45) is 9.60. The lowest BCUT2D eigenvalue weighted by atomic mass is 9.91. The summed E-state index contributed by atoms with van der Waals surface area (Å²) in [7, 11) is -3.51. The fourth-order valence-corrected chi connectivity index (χ4v) is 8.12. The molecule has 2 aliphatic carbocycles. The largest absolute Gasteiger partial charge is 0.444 e. The number of aryl methyl sites for hydroxylation is 1. The van der Waals surface area contributed by atoms with E-state index in [9.17, 15) is 13.2 Å². The van der Waals surface area contributed by atoms with Crippen LogP contribution < -0.4 is 20.1 Å². The van der Waals surface area contributed by atoms with Crippen LogP contribution in [0.1, 0.15) is 77.7 Å². The number of alkyl carbamates (subject to hydrolysis) is 1. The van der Waals surface area contributed by atoms with Crippen LogP contribution in [0.3, 0.4) is 0 Å².